The van der Waals surface area contributed by atoms with Gasteiger partial charge in [-0.2, -0.15) is 0 Å². The molecular formula is C15H14OS. The van der Waals surface area contributed by atoms with E-state index in [1.165, 1.54) is 0 Å². The summed E-state index contributed by atoms with van der Waals surface area (Å²) in [5.41, 5.74) is 1.15. The zero-order valence-electron chi connectivity index (χ0n) is 9.72. The van der Waals surface area contributed by atoms with Crippen molar-refractivity contribution >= 4 is 16.7 Å². The SMILES string of the molecule is C=C(Sc1cccc(OC)c1)c1ccccc1. The summed E-state index contributed by atoms with van der Waals surface area (Å²) in [4.78, 5) is 2.18. The summed E-state index contributed by atoms with van der Waals surface area (Å²) in [7, 11) is 1.68. The standard InChI is InChI=1S/C15H14OS/c1-12(13-7-4-3-5-8-13)17-15-10-6-9-14(11-15)16-2/h3-11H,1H2,2H3. The second kappa shape index (κ2) is 5.60. The summed E-state index contributed by atoms with van der Waals surface area (Å²) >= 11 is 1.65. The fourth-order valence-electron chi connectivity index (χ4n) is 1.49. The number of hydrogen-bond acceptors (Lipinski definition) is 2. The van der Waals surface area contributed by atoms with E-state index in [4.69, 9.17) is 4.74 Å². The summed E-state index contributed by atoms with van der Waals surface area (Å²) in [5.74, 6) is 0.871. The number of hydrogen-bond donors (Lipinski definition) is 0. The average molecular weight is 242 g/mol. The van der Waals surface area contributed by atoms with Crippen LogP contribution in [0.1, 0.15) is 5.56 Å². The molecular weight excluding hydrogens is 228 g/mol. The lowest BCUT2D eigenvalue weighted by molar-refractivity contribution is 0.413. The molecule has 0 N–H and O–H groups in total. The highest BCUT2D eigenvalue weighted by atomic mass is 32.2. The van der Waals surface area contributed by atoms with Crippen molar-refractivity contribution in [2.45, 2.75) is 4.90 Å². The van der Waals surface area contributed by atoms with Gasteiger partial charge in [-0.1, -0.05) is 54.7 Å². The van der Waals surface area contributed by atoms with Crippen LogP contribution < -0.4 is 4.74 Å². The maximum absolute atomic E-state index is 5.20. The van der Waals surface area contributed by atoms with Gasteiger partial charge in [-0.3, -0.25) is 0 Å². The molecule has 86 valence electrons. The van der Waals surface area contributed by atoms with Gasteiger partial charge in [0.25, 0.3) is 0 Å². The van der Waals surface area contributed by atoms with Gasteiger partial charge >= 0.3 is 0 Å². The van der Waals surface area contributed by atoms with Crippen molar-refractivity contribution < 1.29 is 4.74 Å². The molecule has 2 aromatic rings. The molecule has 1 nitrogen and oxygen atoms in total. The zero-order valence-corrected chi connectivity index (χ0v) is 10.5. The Balaban J connectivity index is 2.13. The van der Waals surface area contributed by atoms with E-state index in [0.29, 0.717) is 0 Å². The Labute approximate surface area is 106 Å². The van der Waals surface area contributed by atoms with Gasteiger partial charge in [0.15, 0.2) is 0 Å². The van der Waals surface area contributed by atoms with Crippen molar-refractivity contribution in [1.82, 2.24) is 0 Å². The average Bonchev–Trinajstić information content (AvgIpc) is 2.40. The van der Waals surface area contributed by atoms with Crippen molar-refractivity contribution in [2.75, 3.05) is 7.11 Å². The van der Waals surface area contributed by atoms with E-state index in [0.717, 1.165) is 21.1 Å². The van der Waals surface area contributed by atoms with Gasteiger partial charge in [0.2, 0.25) is 0 Å². The van der Waals surface area contributed by atoms with Crippen LogP contribution in [0.5, 0.6) is 5.75 Å². The van der Waals surface area contributed by atoms with E-state index < -0.39 is 0 Å². The van der Waals surface area contributed by atoms with Crippen LogP contribution in [0.2, 0.25) is 0 Å². The van der Waals surface area contributed by atoms with Crippen molar-refractivity contribution in [3.8, 4) is 5.75 Å². The van der Waals surface area contributed by atoms with Crippen LogP contribution in [0.15, 0.2) is 66.1 Å². The summed E-state index contributed by atoms with van der Waals surface area (Å²) in [5, 5.41) is 0. The third-order valence-electron chi connectivity index (χ3n) is 2.38. The molecule has 0 saturated carbocycles. The Bertz CT molecular complexity index is 505. The van der Waals surface area contributed by atoms with E-state index >= 15 is 0 Å². The minimum absolute atomic E-state index is 0.871. The number of methoxy groups -OCH3 is 1. The summed E-state index contributed by atoms with van der Waals surface area (Å²) in [6.45, 7) is 4.10. The van der Waals surface area contributed by atoms with E-state index in [1.807, 2.05) is 36.4 Å². The highest BCUT2D eigenvalue weighted by Crippen LogP contribution is 2.33. The normalized spacial score (nSPS) is 9.94. The third kappa shape index (κ3) is 3.14. The molecule has 0 aliphatic carbocycles. The maximum atomic E-state index is 5.20. The molecule has 0 aliphatic rings. The smallest absolute Gasteiger partial charge is 0.119 e. The number of thioether (sulfide) groups is 1. The molecule has 0 fully saturated rings. The Morgan fingerprint density at radius 1 is 1.06 bits per heavy atom. The summed E-state index contributed by atoms with van der Waals surface area (Å²) in [6, 6.07) is 18.2. The Hall–Kier alpha value is -1.67. The van der Waals surface area contributed by atoms with Crippen molar-refractivity contribution in [2.24, 2.45) is 0 Å². The van der Waals surface area contributed by atoms with Crippen LogP contribution in [0.4, 0.5) is 0 Å². The van der Waals surface area contributed by atoms with Crippen LogP contribution in [0, 0.1) is 0 Å². The zero-order chi connectivity index (χ0) is 12.1. The first-order valence-corrected chi connectivity index (χ1v) is 6.17. The number of benzene rings is 2. The third-order valence-corrected chi connectivity index (χ3v) is 3.35. The van der Waals surface area contributed by atoms with Crippen LogP contribution in [-0.2, 0) is 0 Å². The lowest BCUT2D eigenvalue weighted by Gasteiger charge is -2.06. The van der Waals surface area contributed by atoms with Gasteiger partial charge in [0.05, 0.1) is 7.11 Å². The minimum Gasteiger partial charge on any atom is -0.497 e. The van der Waals surface area contributed by atoms with Gasteiger partial charge < -0.3 is 4.74 Å². The first kappa shape index (κ1) is 11.8. The highest BCUT2D eigenvalue weighted by molar-refractivity contribution is 8.08. The molecule has 2 rings (SSSR count). The van der Waals surface area contributed by atoms with Crippen LogP contribution in [-0.4, -0.2) is 7.11 Å². The minimum atomic E-state index is 0.871. The molecule has 0 atom stereocenters. The maximum Gasteiger partial charge on any atom is 0.119 e. The quantitative estimate of drug-likeness (QED) is 0.732. The van der Waals surface area contributed by atoms with Crippen LogP contribution >= 0.6 is 11.8 Å². The molecule has 2 aromatic carbocycles. The summed E-state index contributed by atoms with van der Waals surface area (Å²) in [6.07, 6.45) is 0. The van der Waals surface area contributed by atoms with Gasteiger partial charge in [0, 0.05) is 9.80 Å². The molecule has 0 saturated heterocycles. The van der Waals surface area contributed by atoms with Gasteiger partial charge in [-0.05, 0) is 23.8 Å². The van der Waals surface area contributed by atoms with E-state index in [9.17, 15) is 0 Å². The lowest BCUT2D eigenvalue weighted by Crippen LogP contribution is -1.82. The van der Waals surface area contributed by atoms with E-state index in [-0.39, 0.29) is 0 Å². The lowest BCUT2D eigenvalue weighted by atomic mass is 10.2. The highest BCUT2D eigenvalue weighted by Gasteiger charge is 2.02. The fraction of sp³-hybridized carbons (Fsp3) is 0.0667. The molecule has 17 heavy (non-hydrogen) atoms. The Morgan fingerprint density at radius 3 is 2.53 bits per heavy atom. The monoisotopic (exact) mass is 242 g/mol. The number of ether oxygens (including phenoxy) is 1. The fourth-order valence-corrected chi connectivity index (χ4v) is 2.35. The second-order valence-corrected chi connectivity index (χ2v) is 4.74. The van der Waals surface area contributed by atoms with Crippen LogP contribution in [0.25, 0.3) is 4.91 Å². The molecule has 0 heterocycles. The first-order valence-electron chi connectivity index (χ1n) is 5.36. The van der Waals surface area contributed by atoms with E-state index in [1.54, 1.807) is 18.9 Å². The molecule has 0 spiro atoms. The van der Waals surface area contributed by atoms with E-state index in [2.05, 4.69) is 24.8 Å². The topological polar surface area (TPSA) is 9.23 Å². The van der Waals surface area contributed by atoms with Gasteiger partial charge in [-0.25, -0.2) is 0 Å². The number of rotatable bonds is 4. The van der Waals surface area contributed by atoms with Crippen molar-refractivity contribution in [3.63, 3.8) is 0 Å². The molecule has 2 heteroatoms. The van der Waals surface area contributed by atoms with Crippen molar-refractivity contribution in [3.05, 3.63) is 66.7 Å². The molecule has 0 amide bonds. The molecule has 0 unspecified atom stereocenters. The van der Waals surface area contributed by atoms with Gasteiger partial charge in [0.1, 0.15) is 5.75 Å². The molecule has 0 bridgehead atoms. The predicted octanol–water partition coefficient (Wildman–Crippen LogP) is 4.46. The van der Waals surface area contributed by atoms with Gasteiger partial charge in [-0.15, -0.1) is 0 Å². The second-order valence-electron chi connectivity index (χ2n) is 3.57. The largest absolute Gasteiger partial charge is 0.497 e. The Kier molecular flexibility index (Phi) is 3.89. The predicted molar refractivity (Wildman–Crippen MR) is 74.3 cm³/mol. The molecule has 0 radical (unpaired) electrons. The first-order chi connectivity index (χ1) is 8.29. The van der Waals surface area contributed by atoms with Crippen molar-refractivity contribution in [1.29, 1.82) is 0 Å². The molecule has 0 aromatic heterocycles. The molecule has 0 aliphatic heterocycles. The van der Waals surface area contributed by atoms with Crippen LogP contribution in [0.3, 0.4) is 0 Å². The summed E-state index contributed by atoms with van der Waals surface area (Å²) < 4.78 is 5.20. The Morgan fingerprint density at radius 2 is 1.82 bits per heavy atom.